The van der Waals surface area contributed by atoms with Crippen LogP contribution in [0.4, 0.5) is 10.8 Å². The van der Waals surface area contributed by atoms with Crippen molar-refractivity contribution < 1.29 is 9.72 Å². The average molecular weight is 325 g/mol. The third kappa shape index (κ3) is 3.41. The monoisotopic (exact) mass is 325 g/mol. The summed E-state index contributed by atoms with van der Waals surface area (Å²) in [5.74, 6) is -0.353. The summed E-state index contributed by atoms with van der Waals surface area (Å²) in [4.78, 5) is 27.4. The van der Waals surface area contributed by atoms with Gasteiger partial charge in [-0.1, -0.05) is 41.7 Å². The van der Waals surface area contributed by atoms with E-state index in [0.29, 0.717) is 10.7 Å². The lowest BCUT2D eigenvalue weighted by molar-refractivity contribution is -0.384. The van der Waals surface area contributed by atoms with E-state index < -0.39 is 4.92 Å². The van der Waals surface area contributed by atoms with E-state index in [1.165, 1.54) is 35.6 Å². The second-order valence-corrected chi connectivity index (χ2v) is 5.68. The molecule has 3 rings (SSSR count). The van der Waals surface area contributed by atoms with Crippen LogP contribution in [0.5, 0.6) is 0 Å². The molecule has 0 aliphatic heterocycles. The Hall–Kier alpha value is -3.06. The number of carbonyl (C=O) groups excluding carboxylic acids is 1. The molecule has 114 valence electrons. The molecule has 1 aromatic heterocycles. The Balaban J connectivity index is 1.73. The van der Waals surface area contributed by atoms with Crippen molar-refractivity contribution in [3.8, 4) is 10.4 Å². The van der Waals surface area contributed by atoms with Gasteiger partial charge in [-0.25, -0.2) is 4.98 Å². The highest BCUT2D eigenvalue weighted by Crippen LogP contribution is 2.28. The number of nitro groups is 1. The lowest BCUT2D eigenvalue weighted by Crippen LogP contribution is -2.11. The van der Waals surface area contributed by atoms with E-state index in [2.05, 4.69) is 10.3 Å². The maximum absolute atomic E-state index is 12.1. The van der Waals surface area contributed by atoms with Crippen molar-refractivity contribution in [1.29, 1.82) is 0 Å². The van der Waals surface area contributed by atoms with E-state index in [4.69, 9.17) is 0 Å². The summed E-state index contributed by atoms with van der Waals surface area (Å²) >= 11 is 1.37. The molecule has 0 unspecified atom stereocenters. The van der Waals surface area contributed by atoms with Gasteiger partial charge in [-0.2, -0.15) is 0 Å². The lowest BCUT2D eigenvalue weighted by Gasteiger charge is -2.01. The maximum atomic E-state index is 12.1. The SMILES string of the molecule is O=C(Nc1ncc(-c2ccccc2)s1)c1ccc([N+](=O)[O-])cc1. The Morgan fingerprint density at radius 2 is 1.78 bits per heavy atom. The number of anilines is 1. The van der Waals surface area contributed by atoms with E-state index in [1.54, 1.807) is 6.20 Å². The van der Waals surface area contributed by atoms with Crippen LogP contribution in [0.3, 0.4) is 0 Å². The van der Waals surface area contributed by atoms with Crippen LogP contribution < -0.4 is 5.32 Å². The molecule has 0 bridgehead atoms. The highest BCUT2D eigenvalue weighted by atomic mass is 32.1. The fourth-order valence-electron chi connectivity index (χ4n) is 1.97. The second kappa shape index (κ2) is 6.37. The third-order valence-electron chi connectivity index (χ3n) is 3.12. The van der Waals surface area contributed by atoms with Gasteiger partial charge >= 0.3 is 0 Å². The van der Waals surface area contributed by atoms with E-state index >= 15 is 0 Å². The zero-order valence-electron chi connectivity index (χ0n) is 11.8. The number of nitro benzene ring substituents is 1. The smallest absolute Gasteiger partial charge is 0.269 e. The van der Waals surface area contributed by atoms with Crippen LogP contribution in [0.25, 0.3) is 10.4 Å². The molecule has 1 amide bonds. The largest absolute Gasteiger partial charge is 0.298 e. The molecular formula is C16H11N3O3S. The van der Waals surface area contributed by atoms with Crippen molar-refractivity contribution in [2.24, 2.45) is 0 Å². The van der Waals surface area contributed by atoms with Crippen LogP contribution in [0.15, 0.2) is 60.8 Å². The Bertz CT molecular complexity index is 845. The van der Waals surface area contributed by atoms with Crippen LogP contribution in [-0.2, 0) is 0 Å². The highest BCUT2D eigenvalue weighted by Gasteiger charge is 2.12. The van der Waals surface area contributed by atoms with Gasteiger partial charge in [0.25, 0.3) is 11.6 Å². The van der Waals surface area contributed by atoms with Crippen molar-refractivity contribution in [3.05, 3.63) is 76.5 Å². The van der Waals surface area contributed by atoms with Gasteiger partial charge in [0.1, 0.15) is 0 Å². The third-order valence-corrected chi connectivity index (χ3v) is 4.09. The Morgan fingerprint density at radius 3 is 2.43 bits per heavy atom. The van der Waals surface area contributed by atoms with Crippen molar-refractivity contribution in [3.63, 3.8) is 0 Å². The second-order valence-electron chi connectivity index (χ2n) is 4.65. The number of amides is 1. The number of benzene rings is 2. The van der Waals surface area contributed by atoms with Gasteiger partial charge in [0, 0.05) is 23.9 Å². The standard InChI is InChI=1S/C16H11N3O3S/c20-15(12-6-8-13(9-7-12)19(21)22)18-16-17-10-14(23-16)11-4-2-1-3-5-11/h1-10H,(H,17,18,20). The molecule has 0 aliphatic rings. The number of nitrogens with one attached hydrogen (secondary N) is 1. The highest BCUT2D eigenvalue weighted by molar-refractivity contribution is 7.19. The van der Waals surface area contributed by atoms with Crippen molar-refractivity contribution in [1.82, 2.24) is 4.98 Å². The summed E-state index contributed by atoms with van der Waals surface area (Å²) in [6, 6.07) is 15.2. The number of nitrogens with zero attached hydrogens (tertiary/aromatic N) is 2. The molecule has 0 spiro atoms. The minimum Gasteiger partial charge on any atom is -0.298 e. The fourth-order valence-corrected chi connectivity index (χ4v) is 2.79. The van der Waals surface area contributed by atoms with Gasteiger partial charge in [0.2, 0.25) is 0 Å². The van der Waals surface area contributed by atoms with Crippen LogP contribution in [0, 0.1) is 10.1 Å². The first-order chi connectivity index (χ1) is 11.1. The topological polar surface area (TPSA) is 85.1 Å². The number of non-ortho nitro benzene ring substituents is 1. The quantitative estimate of drug-likeness (QED) is 0.581. The zero-order valence-corrected chi connectivity index (χ0v) is 12.6. The summed E-state index contributed by atoms with van der Waals surface area (Å²) in [5, 5.41) is 13.8. The number of hydrogen-bond donors (Lipinski definition) is 1. The van der Waals surface area contributed by atoms with E-state index in [1.807, 2.05) is 30.3 Å². The van der Waals surface area contributed by atoms with Gasteiger partial charge in [0.05, 0.1) is 9.80 Å². The first-order valence-electron chi connectivity index (χ1n) is 6.70. The predicted octanol–water partition coefficient (Wildman–Crippen LogP) is 3.97. The van der Waals surface area contributed by atoms with E-state index in [0.717, 1.165) is 10.4 Å². The van der Waals surface area contributed by atoms with Gasteiger partial charge in [-0.3, -0.25) is 20.2 Å². The van der Waals surface area contributed by atoms with Crippen molar-refractivity contribution in [2.45, 2.75) is 0 Å². The van der Waals surface area contributed by atoms with Crippen molar-refractivity contribution in [2.75, 3.05) is 5.32 Å². The Kier molecular flexibility index (Phi) is 4.11. The molecule has 3 aromatic rings. The van der Waals surface area contributed by atoms with E-state index in [9.17, 15) is 14.9 Å². The molecule has 0 saturated heterocycles. The summed E-state index contributed by atoms with van der Waals surface area (Å²) in [6.07, 6.45) is 1.70. The summed E-state index contributed by atoms with van der Waals surface area (Å²) in [6.45, 7) is 0. The molecule has 1 N–H and O–H groups in total. The minimum atomic E-state index is -0.505. The summed E-state index contributed by atoms with van der Waals surface area (Å²) in [5.41, 5.74) is 1.31. The van der Waals surface area contributed by atoms with Gasteiger partial charge in [-0.05, 0) is 17.7 Å². The molecule has 23 heavy (non-hydrogen) atoms. The molecule has 6 nitrogen and oxygen atoms in total. The molecule has 0 saturated carbocycles. The van der Waals surface area contributed by atoms with E-state index in [-0.39, 0.29) is 11.6 Å². The van der Waals surface area contributed by atoms with Crippen LogP contribution >= 0.6 is 11.3 Å². The molecular weight excluding hydrogens is 314 g/mol. The number of carbonyl (C=O) groups is 1. The first kappa shape index (κ1) is 14.9. The maximum Gasteiger partial charge on any atom is 0.269 e. The lowest BCUT2D eigenvalue weighted by atomic mass is 10.2. The normalized spacial score (nSPS) is 10.3. The molecule has 7 heteroatoms. The Labute approximate surface area is 135 Å². The molecule has 1 heterocycles. The number of thiazole rings is 1. The molecule has 2 aromatic carbocycles. The molecule has 0 aliphatic carbocycles. The summed E-state index contributed by atoms with van der Waals surface area (Å²) < 4.78 is 0. The van der Waals surface area contributed by atoms with Gasteiger partial charge in [-0.15, -0.1) is 0 Å². The van der Waals surface area contributed by atoms with Gasteiger partial charge in [0.15, 0.2) is 5.13 Å². The predicted molar refractivity (Wildman–Crippen MR) is 88.6 cm³/mol. The van der Waals surface area contributed by atoms with Crippen LogP contribution in [0.1, 0.15) is 10.4 Å². The molecule has 0 fully saturated rings. The summed E-state index contributed by atoms with van der Waals surface area (Å²) in [7, 11) is 0. The van der Waals surface area contributed by atoms with Crippen molar-refractivity contribution >= 4 is 28.1 Å². The number of aromatic nitrogens is 1. The van der Waals surface area contributed by atoms with Crippen LogP contribution in [-0.4, -0.2) is 15.8 Å². The number of rotatable bonds is 4. The Morgan fingerprint density at radius 1 is 1.09 bits per heavy atom. The first-order valence-corrected chi connectivity index (χ1v) is 7.52. The molecule has 0 atom stereocenters. The zero-order chi connectivity index (χ0) is 16.2. The molecule has 0 radical (unpaired) electrons. The van der Waals surface area contributed by atoms with Crippen LogP contribution in [0.2, 0.25) is 0 Å². The fraction of sp³-hybridized carbons (Fsp3) is 0. The van der Waals surface area contributed by atoms with Gasteiger partial charge < -0.3 is 0 Å². The minimum absolute atomic E-state index is 0.0536. The number of hydrogen-bond acceptors (Lipinski definition) is 5. The average Bonchev–Trinajstić information content (AvgIpc) is 3.04.